The van der Waals surface area contributed by atoms with Crippen LogP contribution in [-0.4, -0.2) is 46.4 Å². The average Bonchev–Trinajstić information content (AvgIpc) is 2.19. The summed E-state index contributed by atoms with van der Waals surface area (Å²) in [6.45, 7) is 0.539. The van der Waals surface area contributed by atoms with Crippen molar-refractivity contribution in [2.75, 3.05) is 26.0 Å². The van der Waals surface area contributed by atoms with Crippen molar-refractivity contribution in [3.63, 3.8) is 0 Å². The number of sulfonamides is 1. The van der Waals surface area contributed by atoms with Crippen LogP contribution in [0, 0.1) is 0 Å². The Hall–Kier alpha value is -0.700. The lowest BCUT2D eigenvalue weighted by Crippen LogP contribution is -2.33. The van der Waals surface area contributed by atoms with E-state index < -0.39 is 10.0 Å². The number of rotatable bonds is 8. The molecule has 1 amide bonds. The topological polar surface area (TPSA) is 125 Å². The molecule has 0 aliphatic heterocycles. The third-order valence-electron chi connectivity index (χ3n) is 1.94. The molecular formula is C8H19N3O4S. The molecule has 0 aliphatic carbocycles. The molecule has 0 radical (unpaired) electrons. The van der Waals surface area contributed by atoms with Gasteiger partial charge in [-0.1, -0.05) is 0 Å². The van der Waals surface area contributed by atoms with Gasteiger partial charge in [-0.15, -0.1) is 0 Å². The molecule has 7 nitrogen and oxygen atoms in total. The Labute approximate surface area is 95.6 Å². The van der Waals surface area contributed by atoms with Gasteiger partial charge in [0.05, 0.1) is 18.3 Å². The highest BCUT2D eigenvalue weighted by Crippen LogP contribution is 1.94. The summed E-state index contributed by atoms with van der Waals surface area (Å²) in [6.07, 6.45) is 0.158. The van der Waals surface area contributed by atoms with Crippen LogP contribution in [0.2, 0.25) is 0 Å². The second-order valence-electron chi connectivity index (χ2n) is 3.37. The highest BCUT2D eigenvalue weighted by molar-refractivity contribution is 7.89. The predicted molar refractivity (Wildman–Crippen MR) is 60.1 cm³/mol. The van der Waals surface area contributed by atoms with Crippen LogP contribution < -0.4 is 16.2 Å². The Balaban J connectivity index is 3.66. The summed E-state index contributed by atoms with van der Waals surface area (Å²) in [4.78, 5) is 11.3. The van der Waals surface area contributed by atoms with Crippen molar-refractivity contribution >= 4 is 15.9 Å². The maximum absolute atomic E-state index is 11.3. The lowest BCUT2D eigenvalue weighted by atomic mass is 10.2. The Morgan fingerprint density at radius 3 is 2.56 bits per heavy atom. The van der Waals surface area contributed by atoms with Gasteiger partial charge < -0.3 is 15.8 Å². The summed E-state index contributed by atoms with van der Waals surface area (Å²) in [7, 11) is -1.97. The van der Waals surface area contributed by atoms with Gasteiger partial charge in [0.1, 0.15) is 0 Å². The normalized spacial score (nSPS) is 13.4. The molecule has 0 heterocycles. The number of hydrogen-bond acceptors (Lipinski definition) is 5. The minimum Gasteiger partial charge on any atom is -0.380 e. The number of nitrogens with two attached hydrogens (primary N) is 2. The second-order valence-corrected chi connectivity index (χ2v) is 5.10. The Morgan fingerprint density at radius 1 is 1.50 bits per heavy atom. The van der Waals surface area contributed by atoms with Gasteiger partial charge >= 0.3 is 0 Å². The summed E-state index contributed by atoms with van der Waals surface area (Å²) in [5.41, 5.74) is 5.34. The number of hydrogen-bond donors (Lipinski definition) is 3. The van der Waals surface area contributed by atoms with Crippen molar-refractivity contribution in [2.45, 2.75) is 18.9 Å². The number of methoxy groups -OCH3 is 1. The van der Waals surface area contributed by atoms with Crippen molar-refractivity contribution in [1.82, 2.24) is 5.32 Å². The van der Waals surface area contributed by atoms with Crippen molar-refractivity contribution in [2.24, 2.45) is 10.9 Å². The molecule has 1 unspecified atom stereocenters. The fourth-order valence-electron chi connectivity index (χ4n) is 1.04. The van der Waals surface area contributed by atoms with E-state index in [2.05, 4.69) is 5.32 Å². The van der Waals surface area contributed by atoms with Crippen LogP contribution in [-0.2, 0) is 19.6 Å². The molecule has 0 aliphatic rings. The number of nitrogens with one attached hydrogen (secondary N) is 1. The van der Waals surface area contributed by atoms with E-state index in [9.17, 15) is 13.2 Å². The van der Waals surface area contributed by atoms with Crippen molar-refractivity contribution in [3.05, 3.63) is 0 Å². The molecule has 0 saturated heterocycles. The van der Waals surface area contributed by atoms with Gasteiger partial charge in [0, 0.05) is 20.2 Å². The second kappa shape index (κ2) is 7.55. The molecule has 0 aromatic carbocycles. The lowest BCUT2D eigenvalue weighted by molar-refractivity contribution is -0.123. The number of primary sulfonamides is 1. The monoisotopic (exact) mass is 253 g/mol. The van der Waals surface area contributed by atoms with E-state index in [0.717, 1.165) is 0 Å². The first kappa shape index (κ1) is 15.3. The molecule has 0 rings (SSSR count). The van der Waals surface area contributed by atoms with Crippen LogP contribution in [0.25, 0.3) is 0 Å². The molecule has 5 N–H and O–H groups in total. The molecule has 8 heteroatoms. The van der Waals surface area contributed by atoms with Gasteiger partial charge in [0.2, 0.25) is 15.9 Å². The smallest absolute Gasteiger partial charge is 0.222 e. The SMILES string of the molecule is COC(CN)CC(=O)NCCCS(N)(=O)=O. The van der Waals surface area contributed by atoms with E-state index >= 15 is 0 Å². The maximum Gasteiger partial charge on any atom is 0.222 e. The highest BCUT2D eigenvalue weighted by atomic mass is 32.2. The first-order valence-electron chi connectivity index (χ1n) is 4.89. The fourth-order valence-corrected chi connectivity index (χ4v) is 1.59. The number of carbonyl (C=O) groups is 1. The lowest BCUT2D eigenvalue weighted by Gasteiger charge is -2.12. The van der Waals surface area contributed by atoms with E-state index in [1.54, 1.807) is 0 Å². The number of ether oxygens (including phenoxy) is 1. The summed E-state index contributed by atoms with van der Waals surface area (Å²) in [5.74, 6) is -0.357. The molecule has 0 aromatic rings. The molecule has 16 heavy (non-hydrogen) atoms. The van der Waals surface area contributed by atoms with E-state index in [-0.39, 0.29) is 37.3 Å². The zero-order chi connectivity index (χ0) is 12.6. The van der Waals surface area contributed by atoms with E-state index in [0.29, 0.717) is 6.42 Å². The number of carbonyl (C=O) groups excluding carboxylic acids is 1. The standard InChI is InChI=1S/C8H19N3O4S/c1-15-7(6-9)5-8(12)11-3-2-4-16(10,13)14/h7H,2-6,9H2,1H3,(H,11,12)(H2,10,13,14). The minimum absolute atomic E-state index is 0.141. The first-order chi connectivity index (χ1) is 7.39. The molecule has 0 fully saturated rings. The first-order valence-corrected chi connectivity index (χ1v) is 6.60. The zero-order valence-corrected chi connectivity index (χ0v) is 10.1. The molecule has 1 atom stereocenters. The van der Waals surface area contributed by atoms with Crippen LogP contribution >= 0.6 is 0 Å². The average molecular weight is 253 g/mol. The van der Waals surface area contributed by atoms with Crippen molar-refractivity contribution < 1.29 is 17.9 Å². The van der Waals surface area contributed by atoms with Crippen LogP contribution in [0.15, 0.2) is 0 Å². The van der Waals surface area contributed by atoms with E-state index in [4.69, 9.17) is 15.6 Å². The fraction of sp³-hybridized carbons (Fsp3) is 0.875. The van der Waals surface area contributed by atoms with Gasteiger partial charge in [0.25, 0.3) is 0 Å². The molecular weight excluding hydrogens is 234 g/mol. The van der Waals surface area contributed by atoms with Crippen LogP contribution in [0.1, 0.15) is 12.8 Å². The number of amides is 1. The Morgan fingerprint density at radius 2 is 2.12 bits per heavy atom. The van der Waals surface area contributed by atoms with Gasteiger partial charge in [-0.05, 0) is 6.42 Å². The summed E-state index contributed by atoms with van der Waals surface area (Å²) in [6, 6.07) is 0. The van der Waals surface area contributed by atoms with Crippen LogP contribution in [0.3, 0.4) is 0 Å². The third-order valence-corrected chi connectivity index (χ3v) is 2.79. The van der Waals surface area contributed by atoms with Gasteiger partial charge in [-0.3, -0.25) is 4.79 Å². The highest BCUT2D eigenvalue weighted by Gasteiger charge is 2.11. The quantitative estimate of drug-likeness (QED) is 0.438. The third kappa shape index (κ3) is 8.60. The van der Waals surface area contributed by atoms with Crippen molar-refractivity contribution in [3.8, 4) is 0 Å². The molecule has 0 aromatic heterocycles. The zero-order valence-electron chi connectivity index (χ0n) is 9.31. The van der Waals surface area contributed by atoms with Gasteiger partial charge in [-0.25, -0.2) is 13.6 Å². The van der Waals surface area contributed by atoms with E-state index in [1.807, 2.05) is 0 Å². The maximum atomic E-state index is 11.3. The summed E-state index contributed by atoms with van der Waals surface area (Å²) >= 11 is 0. The van der Waals surface area contributed by atoms with Crippen LogP contribution in [0.5, 0.6) is 0 Å². The molecule has 0 spiro atoms. The Kier molecular flexibility index (Phi) is 7.22. The van der Waals surface area contributed by atoms with Crippen LogP contribution in [0.4, 0.5) is 0 Å². The van der Waals surface area contributed by atoms with Gasteiger partial charge in [-0.2, -0.15) is 0 Å². The Bertz CT molecular complexity index is 300. The van der Waals surface area contributed by atoms with E-state index in [1.165, 1.54) is 7.11 Å². The summed E-state index contributed by atoms with van der Waals surface area (Å²) < 4.78 is 26.1. The molecule has 0 bridgehead atoms. The minimum atomic E-state index is -3.45. The van der Waals surface area contributed by atoms with Gasteiger partial charge in [0.15, 0.2) is 0 Å². The largest absolute Gasteiger partial charge is 0.380 e. The summed E-state index contributed by atoms with van der Waals surface area (Å²) in [5, 5.41) is 7.36. The predicted octanol–water partition coefficient (Wildman–Crippen LogP) is -1.85. The molecule has 96 valence electrons. The van der Waals surface area contributed by atoms with Crippen molar-refractivity contribution in [1.29, 1.82) is 0 Å². The molecule has 0 saturated carbocycles.